The van der Waals surface area contributed by atoms with Crippen LogP contribution in [0.15, 0.2) is 59.5 Å². The second-order valence-electron chi connectivity index (χ2n) is 6.15. The molecule has 0 radical (unpaired) electrons. The number of aromatic nitrogens is 2. The van der Waals surface area contributed by atoms with Gasteiger partial charge < -0.3 is 9.80 Å². The number of rotatable bonds is 3. The van der Waals surface area contributed by atoms with Gasteiger partial charge in [0.25, 0.3) is 5.56 Å². The molecule has 8 heteroatoms. The van der Waals surface area contributed by atoms with Crippen molar-refractivity contribution in [2.75, 3.05) is 18.0 Å². The average Bonchev–Trinajstić information content (AvgIpc) is 2.67. The molecule has 4 rings (SSSR count). The molecule has 0 bridgehead atoms. The molecule has 1 saturated heterocycles. The van der Waals surface area contributed by atoms with E-state index in [1.165, 1.54) is 20.3 Å². The van der Waals surface area contributed by atoms with E-state index in [-0.39, 0.29) is 12.1 Å². The van der Waals surface area contributed by atoms with Gasteiger partial charge in [-0.1, -0.05) is 29.8 Å². The fourth-order valence-corrected chi connectivity index (χ4v) is 3.34. The zero-order valence-electron chi connectivity index (χ0n) is 14.2. The first kappa shape index (κ1) is 17.2. The predicted molar refractivity (Wildman–Crippen MR) is 101 cm³/mol. The predicted octanol–water partition coefficient (Wildman–Crippen LogP) is 1.72. The van der Waals surface area contributed by atoms with E-state index in [2.05, 4.69) is 4.98 Å². The van der Waals surface area contributed by atoms with Crippen LogP contribution in [0.5, 0.6) is 0 Å². The molecule has 2 aromatic heterocycles. The Morgan fingerprint density at radius 3 is 2.56 bits per heavy atom. The number of anilines is 1. The third-order valence-corrected chi connectivity index (χ3v) is 4.75. The average molecular weight is 383 g/mol. The van der Waals surface area contributed by atoms with Gasteiger partial charge in [-0.05, 0) is 24.3 Å². The van der Waals surface area contributed by atoms with Gasteiger partial charge in [0.1, 0.15) is 5.65 Å². The van der Waals surface area contributed by atoms with Gasteiger partial charge in [-0.3, -0.25) is 18.8 Å². The fraction of sp³-hybridized carbons (Fsp3) is 0.158. The highest BCUT2D eigenvalue weighted by atomic mass is 35.5. The number of fused-ring (bicyclic) bond motifs is 1. The second-order valence-corrected chi connectivity index (χ2v) is 6.56. The number of halogens is 1. The van der Waals surface area contributed by atoms with Gasteiger partial charge in [0.2, 0.25) is 0 Å². The van der Waals surface area contributed by atoms with Gasteiger partial charge in [0.05, 0.1) is 22.9 Å². The highest BCUT2D eigenvalue weighted by molar-refractivity contribution is 6.42. The van der Waals surface area contributed by atoms with Crippen molar-refractivity contribution >= 4 is 34.7 Å². The number of carbonyl (C=O) groups excluding carboxylic acids is 2. The number of piperazine rings is 1. The van der Waals surface area contributed by atoms with E-state index in [1.807, 2.05) is 0 Å². The lowest BCUT2D eigenvalue weighted by molar-refractivity contribution is -0.146. The SMILES string of the molecule is O=C1C(=O)N(c2ccccc2Cl)CCN1Cc1cc(=O)n2ccccc2n1. The Balaban J connectivity index is 1.57. The van der Waals surface area contributed by atoms with Crippen LogP contribution < -0.4 is 10.5 Å². The summed E-state index contributed by atoms with van der Waals surface area (Å²) >= 11 is 6.14. The first-order chi connectivity index (χ1) is 13.0. The molecule has 0 aliphatic carbocycles. The Bertz CT molecular complexity index is 1110. The van der Waals surface area contributed by atoms with E-state index < -0.39 is 11.8 Å². The van der Waals surface area contributed by atoms with E-state index in [4.69, 9.17) is 11.6 Å². The summed E-state index contributed by atoms with van der Waals surface area (Å²) in [4.78, 5) is 44.5. The largest absolute Gasteiger partial charge is 0.327 e. The van der Waals surface area contributed by atoms with Crippen LogP contribution >= 0.6 is 11.6 Å². The summed E-state index contributed by atoms with van der Waals surface area (Å²) in [6.07, 6.45) is 1.63. The van der Waals surface area contributed by atoms with Crippen molar-refractivity contribution in [1.82, 2.24) is 14.3 Å². The third-order valence-electron chi connectivity index (χ3n) is 4.43. The van der Waals surface area contributed by atoms with Crippen LogP contribution in [0, 0.1) is 0 Å². The van der Waals surface area contributed by atoms with E-state index in [0.29, 0.717) is 35.1 Å². The first-order valence-electron chi connectivity index (χ1n) is 8.37. The molecule has 0 saturated carbocycles. The minimum absolute atomic E-state index is 0.0988. The number of hydrogen-bond acceptors (Lipinski definition) is 4. The lowest BCUT2D eigenvalue weighted by Gasteiger charge is -2.33. The van der Waals surface area contributed by atoms with Crippen molar-refractivity contribution in [3.8, 4) is 0 Å². The molecule has 1 aromatic carbocycles. The van der Waals surface area contributed by atoms with Crippen molar-refractivity contribution in [2.45, 2.75) is 6.54 Å². The van der Waals surface area contributed by atoms with Gasteiger partial charge in [-0.15, -0.1) is 0 Å². The van der Waals surface area contributed by atoms with Gasteiger partial charge in [0, 0.05) is 25.4 Å². The smallest absolute Gasteiger partial charge is 0.316 e. The number of benzene rings is 1. The maximum atomic E-state index is 12.6. The number of amides is 2. The lowest BCUT2D eigenvalue weighted by Crippen LogP contribution is -2.54. The number of nitrogens with zero attached hydrogens (tertiary/aromatic N) is 4. The van der Waals surface area contributed by atoms with E-state index in [0.717, 1.165) is 0 Å². The summed E-state index contributed by atoms with van der Waals surface area (Å²) in [6, 6.07) is 13.5. The van der Waals surface area contributed by atoms with Crippen LogP contribution in [-0.4, -0.2) is 39.2 Å². The van der Waals surface area contributed by atoms with Crippen LogP contribution in [0.1, 0.15) is 5.69 Å². The van der Waals surface area contributed by atoms with Crippen LogP contribution in [0.4, 0.5) is 5.69 Å². The first-order valence-corrected chi connectivity index (χ1v) is 8.75. The van der Waals surface area contributed by atoms with Crippen molar-refractivity contribution in [1.29, 1.82) is 0 Å². The van der Waals surface area contributed by atoms with E-state index >= 15 is 0 Å². The fourth-order valence-electron chi connectivity index (χ4n) is 3.11. The van der Waals surface area contributed by atoms with Gasteiger partial charge in [-0.25, -0.2) is 4.98 Å². The number of para-hydroxylation sites is 1. The summed E-state index contributed by atoms with van der Waals surface area (Å²) < 4.78 is 1.42. The van der Waals surface area contributed by atoms with Gasteiger partial charge in [-0.2, -0.15) is 0 Å². The summed E-state index contributed by atoms with van der Waals surface area (Å²) in [5, 5.41) is 0.413. The number of pyridine rings is 1. The minimum Gasteiger partial charge on any atom is -0.327 e. The molecule has 1 aliphatic rings. The van der Waals surface area contributed by atoms with Gasteiger partial charge >= 0.3 is 11.8 Å². The lowest BCUT2D eigenvalue weighted by atomic mass is 10.2. The van der Waals surface area contributed by atoms with Crippen molar-refractivity contribution in [3.63, 3.8) is 0 Å². The van der Waals surface area contributed by atoms with Gasteiger partial charge in [0.15, 0.2) is 0 Å². The number of hydrogen-bond donors (Lipinski definition) is 0. The molecular formula is C19H15ClN4O3. The molecule has 1 fully saturated rings. The van der Waals surface area contributed by atoms with Crippen molar-refractivity contribution < 1.29 is 9.59 Å². The summed E-state index contributed by atoms with van der Waals surface area (Å²) in [7, 11) is 0. The monoisotopic (exact) mass is 382 g/mol. The molecule has 0 spiro atoms. The van der Waals surface area contributed by atoms with E-state index in [9.17, 15) is 14.4 Å². The molecule has 0 N–H and O–H groups in total. The molecule has 136 valence electrons. The van der Waals surface area contributed by atoms with Crippen LogP contribution in [-0.2, 0) is 16.1 Å². The van der Waals surface area contributed by atoms with E-state index in [1.54, 1.807) is 48.7 Å². The third kappa shape index (κ3) is 3.17. The molecule has 27 heavy (non-hydrogen) atoms. The Morgan fingerprint density at radius 2 is 1.74 bits per heavy atom. The van der Waals surface area contributed by atoms with Crippen LogP contribution in [0.25, 0.3) is 5.65 Å². The summed E-state index contributed by atoms with van der Waals surface area (Å²) in [6.45, 7) is 0.744. The molecule has 0 atom stereocenters. The molecule has 1 aliphatic heterocycles. The zero-order valence-corrected chi connectivity index (χ0v) is 15.0. The van der Waals surface area contributed by atoms with Crippen LogP contribution in [0.3, 0.4) is 0 Å². The highest BCUT2D eigenvalue weighted by Gasteiger charge is 2.34. The Morgan fingerprint density at radius 1 is 0.963 bits per heavy atom. The quantitative estimate of drug-likeness (QED) is 0.646. The van der Waals surface area contributed by atoms with Crippen molar-refractivity contribution in [3.05, 3.63) is 75.8 Å². The Kier molecular flexibility index (Phi) is 4.37. The Labute approximate surface area is 159 Å². The molecule has 2 amide bonds. The Hall–Kier alpha value is -3.19. The maximum Gasteiger partial charge on any atom is 0.316 e. The number of carbonyl (C=O) groups is 2. The summed E-state index contributed by atoms with van der Waals surface area (Å²) in [5.41, 5.74) is 1.22. The molecule has 7 nitrogen and oxygen atoms in total. The van der Waals surface area contributed by atoms with Crippen LogP contribution in [0.2, 0.25) is 5.02 Å². The maximum absolute atomic E-state index is 12.6. The molecule has 3 heterocycles. The standard InChI is InChI=1S/C19H15ClN4O3/c20-14-5-1-2-6-15(14)23-10-9-22(18(26)19(23)27)12-13-11-17(25)24-8-4-3-7-16(24)21-13/h1-8,11H,9-10,12H2. The summed E-state index contributed by atoms with van der Waals surface area (Å²) in [5.74, 6) is -1.29. The molecule has 0 unspecified atom stereocenters. The van der Waals surface area contributed by atoms with Crippen molar-refractivity contribution in [2.24, 2.45) is 0 Å². The molecular weight excluding hydrogens is 368 g/mol. The highest BCUT2D eigenvalue weighted by Crippen LogP contribution is 2.27. The topological polar surface area (TPSA) is 75.0 Å². The second kappa shape index (κ2) is 6.85. The zero-order chi connectivity index (χ0) is 19.0. The molecule has 3 aromatic rings. The minimum atomic E-state index is -0.646. The normalized spacial score (nSPS) is 14.9.